The van der Waals surface area contributed by atoms with Crippen molar-refractivity contribution in [3.63, 3.8) is 0 Å². The van der Waals surface area contributed by atoms with Crippen LogP contribution in [0.2, 0.25) is 0 Å². The predicted molar refractivity (Wildman–Crippen MR) is 70.1 cm³/mol. The van der Waals surface area contributed by atoms with Gasteiger partial charge in [0.25, 0.3) is 0 Å². The van der Waals surface area contributed by atoms with Gasteiger partial charge in [0.2, 0.25) is 0 Å². The molecular formula is C14H11NOS. The van der Waals surface area contributed by atoms with Crippen LogP contribution in [0.4, 0.5) is 0 Å². The van der Waals surface area contributed by atoms with Gasteiger partial charge in [-0.1, -0.05) is 18.2 Å². The first-order chi connectivity index (χ1) is 8.36. The summed E-state index contributed by atoms with van der Waals surface area (Å²) in [6, 6.07) is 11.7. The highest BCUT2D eigenvalue weighted by molar-refractivity contribution is 7.07. The van der Waals surface area contributed by atoms with Gasteiger partial charge in [-0.25, -0.2) is 0 Å². The quantitative estimate of drug-likeness (QED) is 0.746. The first-order valence-electron chi connectivity index (χ1n) is 5.40. The second-order valence-corrected chi connectivity index (χ2v) is 4.66. The topological polar surface area (TPSA) is 33.1 Å². The minimum absolute atomic E-state index is 0.575. The third kappa shape index (κ3) is 1.84. The van der Waals surface area contributed by atoms with E-state index >= 15 is 0 Å². The smallest absolute Gasteiger partial charge is 0.106 e. The van der Waals surface area contributed by atoms with E-state index in [0.29, 0.717) is 0 Å². The molecule has 0 aliphatic heterocycles. The number of rotatable bonds is 2. The van der Waals surface area contributed by atoms with Crippen LogP contribution < -0.4 is 0 Å². The summed E-state index contributed by atoms with van der Waals surface area (Å²) in [7, 11) is 0. The molecule has 0 spiro atoms. The Morgan fingerprint density at radius 3 is 2.82 bits per heavy atom. The van der Waals surface area contributed by atoms with Crippen LogP contribution in [-0.2, 0) is 0 Å². The standard InChI is InChI=1S/C14H11NOS/c16-14(10-6-8-17-9-10)12-5-7-15-13-4-2-1-3-11(12)13/h1-9,14,16H. The van der Waals surface area contributed by atoms with Gasteiger partial charge in [-0.15, -0.1) is 0 Å². The maximum absolute atomic E-state index is 10.4. The molecule has 0 aliphatic rings. The molecule has 2 aromatic heterocycles. The SMILES string of the molecule is OC(c1ccsc1)c1ccnc2ccccc12. The lowest BCUT2D eigenvalue weighted by Crippen LogP contribution is -1.99. The molecule has 0 saturated heterocycles. The fourth-order valence-corrected chi connectivity index (χ4v) is 2.65. The number of aliphatic hydroxyl groups excluding tert-OH is 1. The molecule has 0 radical (unpaired) electrons. The van der Waals surface area contributed by atoms with Crippen LogP contribution in [0.15, 0.2) is 53.4 Å². The molecule has 2 nitrogen and oxygen atoms in total. The van der Waals surface area contributed by atoms with Crippen LogP contribution in [0.1, 0.15) is 17.2 Å². The lowest BCUT2D eigenvalue weighted by molar-refractivity contribution is 0.222. The number of benzene rings is 1. The fraction of sp³-hybridized carbons (Fsp3) is 0.0714. The molecular weight excluding hydrogens is 230 g/mol. The second-order valence-electron chi connectivity index (χ2n) is 3.88. The van der Waals surface area contributed by atoms with Gasteiger partial charge in [-0.2, -0.15) is 11.3 Å². The van der Waals surface area contributed by atoms with Crippen molar-refractivity contribution in [2.75, 3.05) is 0 Å². The average molecular weight is 241 g/mol. The van der Waals surface area contributed by atoms with E-state index in [4.69, 9.17) is 0 Å². The summed E-state index contributed by atoms with van der Waals surface area (Å²) >= 11 is 1.59. The minimum Gasteiger partial charge on any atom is -0.384 e. The van der Waals surface area contributed by atoms with Crippen molar-refractivity contribution in [2.45, 2.75) is 6.10 Å². The van der Waals surface area contributed by atoms with E-state index in [-0.39, 0.29) is 0 Å². The van der Waals surface area contributed by atoms with Crippen LogP contribution >= 0.6 is 11.3 Å². The van der Waals surface area contributed by atoms with Crippen LogP contribution in [-0.4, -0.2) is 10.1 Å². The molecule has 17 heavy (non-hydrogen) atoms. The van der Waals surface area contributed by atoms with E-state index in [1.54, 1.807) is 17.5 Å². The Bertz CT molecular complexity index is 628. The first kappa shape index (κ1) is 10.4. The number of fused-ring (bicyclic) bond motifs is 1. The highest BCUT2D eigenvalue weighted by Crippen LogP contribution is 2.28. The zero-order valence-corrected chi connectivity index (χ0v) is 9.89. The Morgan fingerprint density at radius 1 is 1.12 bits per heavy atom. The second kappa shape index (κ2) is 4.28. The molecule has 3 heteroatoms. The Kier molecular flexibility index (Phi) is 2.63. The number of para-hydroxylation sites is 1. The van der Waals surface area contributed by atoms with Gasteiger partial charge in [0.15, 0.2) is 0 Å². The molecule has 1 aromatic carbocycles. The molecule has 1 N–H and O–H groups in total. The Labute approximate surface area is 103 Å². The fourth-order valence-electron chi connectivity index (χ4n) is 1.97. The van der Waals surface area contributed by atoms with E-state index < -0.39 is 6.10 Å². The van der Waals surface area contributed by atoms with Crippen molar-refractivity contribution in [3.05, 3.63) is 64.5 Å². The van der Waals surface area contributed by atoms with Crippen molar-refractivity contribution in [1.82, 2.24) is 4.98 Å². The van der Waals surface area contributed by atoms with Gasteiger partial charge in [-0.05, 0) is 40.1 Å². The molecule has 0 amide bonds. The molecule has 0 bridgehead atoms. The monoisotopic (exact) mass is 241 g/mol. The first-order valence-corrected chi connectivity index (χ1v) is 6.34. The van der Waals surface area contributed by atoms with E-state index in [1.165, 1.54) is 0 Å². The lowest BCUT2D eigenvalue weighted by Gasteiger charge is -2.11. The number of aromatic nitrogens is 1. The Morgan fingerprint density at radius 2 is 2.00 bits per heavy atom. The van der Waals surface area contributed by atoms with Gasteiger partial charge in [0, 0.05) is 11.6 Å². The summed E-state index contributed by atoms with van der Waals surface area (Å²) in [5, 5.41) is 15.3. The summed E-state index contributed by atoms with van der Waals surface area (Å²) in [4.78, 5) is 4.30. The highest BCUT2D eigenvalue weighted by atomic mass is 32.1. The highest BCUT2D eigenvalue weighted by Gasteiger charge is 2.13. The number of thiophene rings is 1. The summed E-state index contributed by atoms with van der Waals surface area (Å²) in [5.74, 6) is 0. The van der Waals surface area contributed by atoms with Crippen molar-refractivity contribution < 1.29 is 5.11 Å². The van der Waals surface area contributed by atoms with Gasteiger partial charge in [-0.3, -0.25) is 4.98 Å². The number of aliphatic hydroxyl groups is 1. The molecule has 0 aliphatic carbocycles. The zero-order valence-electron chi connectivity index (χ0n) is 9.08. The lowest BCUT2D eigenvalue weighted by atomic mass is 10.0. The van der Waals surface area contributed by atoms with Crippen molar-refractivity contribution in [3.8, 4) is 0 Å². The van der Waals surface area contributed by atoms with E-state index in [9.17, 15) is 5.11 Å². The van der Waals surface area contributed by atoms with Crippen molar-refractivity contribution >= 4 is 22.2 Å². The largest absolute Gasteiger partial charge is 0.384 e. The van der Waals surface area contributed by atoms with E-state index in [1.807, 2.05) is 47.2 Å². The van der Waals surface area contributed by atoms with Crippen molar-refractivity contribution in [2.24, 2.45) is 0 Å². The van der Waals surface area contributed by atoms with Gasteiger partial charge >= 0.3 is 0 Å². The normalized spacial score (nSPS) is 12.8. The maximum atomic E-state index is 10.4. The summed E-state index contributed by atoms with van der Waals surface area (Å²) < 4.78 is 0. The van der Waals surface area contributed by atoms with Gasteiger partial charge in [0.05, 0.1) is 5.52 Å². The summed E-state index contributed by atoms with van der Waals surface area (Å²) in [5.41, 5.74) is 2.76. The third-order valence-corrected chi connectivity index (χ3v) is 3.54. The molecule has 2 heterocycles. The molecule has 3 rings (SSSR count). The van der Waals surface area contributed by atoms with E-state index in [0.717, 1.165) is 22.0 Å². The Hall–Kier alpha value is -1.71. The predicted octanol–water partition coefficient (Wildman–Crippen LogP) is 3.38. The third-order valence-electron chi connectivity index (χ3n) is 2.84. The average Bonchev–Trinajstić information content (AvgIpc) is 2.91. The van der Waals surface area contributed by atoms with Crippen LogP contribution in [0.5, 0.6) is 0 Å². The molecule has 0 saturated carbocycles. The minimum atomic E-state index is -0.575. The number of hydrogen-bond donors (Lipinski definition) is 1. The van der Waals surface area contributed by atoms with Crippen LogP contribution in [0.25, 0.3) is 10.9 Å². The van der Waals surface area contributed by atoms with Gasteiger partial charge in [0.1, 0.15) is 6.10 Å². The zero-order chi connectivity index (χ0) is 11.7. The number of hydrogen-bond acceptors (Lipinski definition) is 3. The van der Waals surface area contributed by atoms with Crippen LogP contribution in [0.3, 0.4) is 0 Å². The number of nitrogens with zero attached hydrogens (tertiary/aromatic N) is 1. The maximum Gasteiger partial charge on any atom is 0.106 e. The Balaban J connectivity index is 2.17. The van der Waals surface area contributed by atoms with Crippen molar-refractivity contribution in [1.29, 1.82) is 0 Å². The van der Waals surface area contributed by atoms with Gasteiger partial charge < -0.3 is 5.11 Å². The summed E-state index contributed by atoms with van der Waals surface area (Å²) in [6.45, 7) is 0. The van der Waals surface area contributed by atoms with Crippen LogP contribution in [0, 0.1) is 0 Å². The molecule has 1 atom stereocenters. The number of pyridine rings is 1. The van der Waals surface area contributed by atoms with E-state index in [2.05, 4.69) is 4.98 Å². The molecule has 3 aromatic rings. The molecule has 84 valence electrons. The molecule has 1 unspecified atom stereocenters. The summed E-state index contributed by atoms with van der Waals surface area (Å²) in [6.07, 6.45) is 1.17. The molecule has 0 fully saturated rings.